The Balaban J connectivity index is 1.55. The highest BCUT2D eigenvalue weighted by molar-refractivity contribution is 8.00. The molecule has 2 aliphatic rings. The van der Waals surface area contributed by atoms with Crippen molar-refractivity contribution in [3.8, 4) is 0 Å². The second-order valence-electron chi connectivity index (χ2n) is 8.84. The van der Waals surface area contributed by atoms with E-state index in [1.807, 2.05) is 37.3 Å². The summed E-state index contributed by atoms with van der Waals surface area (Å²) in [6.45, 7) is 6.12. The van der Waals surface area contributed by atoms with Crippen molar-refractivity contribution >= 4 is 29.3 Å². The number of nitro benzene ring substituents is 1. The molecular formula is C23H26N2O5S. The Kier molecular flexibility index (Phi) is 5.70. The fraction of sp³-hybridized carbons (Fsp3) is 0.435. The van der Waals surface area contributed by atoms with Crippen molar-refractivity contribution < 1.29 is 19.2 Å². The minimum absolute atomic E-state index is 0.00283. The second kappa shape index (κ2) is 8.16. The molecule has 0 radical (unpaired) electrons. The normalized spacial score (nSPS) is 25.9. The van der Waals surface area contributed by atoms with E-state index in [4.69, 9.17) is 9.47 Å². The zero-order valence-corrected chi connectivity index (χ0v) is 18.6. The molecule has 31 heavy (non-hydrogen) atoms. The molecule has 0 amide bonds. The van der Waals surface area contributed by atoms with Gasteiger partial charge in [0.25, 0.3) is 5.69 Å². The van der Waals surface area contributed by atoms with Crippen LogP contribution in [0, 0.1) is 15.5 Å². The van der Waals surface area contributed by atoms with Crippen LogP contribution in [0.3, 0.4) is 0 Å². The molecule has 2 aromatic carbocycles. The molecule has 0 saturated carbocycles. The molecule has 0 aromatic heterocycles. The van der Waals surface area contributed by atoms with Crippen molar-refractivity contribution in [1.82, 2.24) is 0 Å². The Hall–Kier alpha value is -2.58. The molecule has 2 aromatic rings. The number of esters is 1. The van der Waals surface area contributed by atoms with Gasteiger partial charge in [0.2, 0.25) is 0 Å². The van der Waals surface area contributed by atoms with Gasteiger partial charge in [0.15, 0.2) is 0 Å². The molecule has 3 atom stereocenters. The van der Waals surface area contributed by atoms with Crippen molar-refractivity contribution in [2.45, 2.75) is 56.3 Å². The van der Waals surface area contributed by atoms with Gasteiger partial charge in [0, 0.05) is 17.2 Å². The van der Waals surface area contributed by atoms with Gasteiger partial charge in [0.1, 0.15) is 23.1 Å². The quantitative estimate of drug-likeness (QED) is 0.258. The van der Waals surface area contributed by atoms with Crippen molar-refractivity contribution in [1.29, 1.82) is 0 Å². The van der Waals surface area contributed by atoms with E-state index in [1.54, 1.807) is 22.5 Å². The number of nitro groups is 1. The second-order valence-corrected chi connectivity index (χ2v) is 9.90. The zero-order chi connectivity index (χ0) is 22.2. The summed E-state index contributed by atoms with van der Waals surface area (Å²) < 4.78 is 13.9. The Labute approximate surface area is 186 Å². The summed E-state index contributed by atoms with van der Waals surface area (Å²) in [4.78, 5) is 24.5. The number of benzene rings is 2. The van der Waals surface area contributed by atoms with Crippen molar-refractivity contribution in [2.75, 3.05) is 10.8 Å². The number of anilines is 1. The topological polar surface area (TPSA) is 81.9 Å². The van der Waals surface area contributed by atoms with Crippen LogP contribution < -0.4 is 4.31 Å². The highest BCUT2D eigenvalue weighted by Crippen LogP contribution is 2.55. The van der Waals surface area contributed by atoms with E-state index in [0.29, 0.717) is 4.90 Å². The van der Waals surface area contributed by atoms with Gasteiger partial charge in [-0.3, -0.25) is 14.9 Å². The smallest absolute Gasteiger partial charge is 0.327 e. The van der Waals surface area contributed by atoms with E-state index >= 15 is 0 Å². The predicted octanol–water partition coefficient (Wildman–Crippen LogP) is 5.00. The fourth-order valence-electron chi connectivity index (χ4n) is 4.67. The molecule has 0 N–H and O–H groups in total. The zero-order valence-electron chi connectivity index (χ0n) is 17.8. The number of nitrogens with zero attached hydrogens (tertiary/aromatic N) is 2. The summed E-state index contributed by atoms with van der Waals surface area (Å²) in [5, 5.41) is 11.4. The Morgan fingerprint density at radius 1 is 1.19 bits per heavy atom. The van der Waals surface area contributed by atoms with E-state index in [-0.39, 0.29) is 35.8 Å². The molecule has 7 nitrogen and oxygen atoms in total. The summed E-state index contributed by atoms with van der Waals surface area (Å²) >= 11 is 1.16. The number of rotatable bonds is 7. The third-order valence-corrected chi connectivity index (χ3v) is 7.31. The van der Waals surface area contributed by atoms with Gasteiger partial charge in [-0.2, -0.15) is 0 Å². The van der Waals surface area contributed by atoms with Gasteiger partial charge in [-0.1, -0.05) is 44.2 Å². The van der Waals surface area contributed by atoms with Gasteiger partial charge in [-0.25, -0.2) is 0 Å². The van der Waals surface area contributed by atoms with Crippen molar-refractivity contribution in [3.63, 3.8) is 0 Å². The SMILES string of the molecule is CC12CCC(O1)C(C)(C)C2OC(=O)CN(Sc1ccccc1[N+](=O)[O-])c1ccccc1. The molecule has 0 aliphatic carbocycles. The first-order chi connectivity index (χ1) is 14.7. The number of hydrogen-bond acceptors (Lipinski definition) is 7. The van der Waals surface area contributed by atoms with Gasteiger partial charge in [0.05, 0.1) is 11.0 Å². The molecule has 2 saturated heterocycles. The van der Waals surface area contributed by atoms with Crippen molar-refractivity contribution in [2.24, 2.45) is 5.41 Å². The first-order valence-corrected chi connectivity index (χ1v) is 11.1. The number of ether oxygens (including phenoxy) is 2. The van der Waals surface area contributed by atoms with E-state index in [2.05, 4.69) is 13.8 Å². The third kappa shape index (κ3) is 4.14. The predicted molar refractivity (Wildman–Crippen MR) is 119 cm³/mol. The summed E-state index contributed by atoms with van der Waals surface area (Å²) in [6, 6.07) is 15.8. The van der Waals surface area contributed by atoms with Gasteiger partial charge >= 0.3 is 5.97 Å². The molecule has 2 fully saturated rings. The lowest BCUT2D eigenvalue weighted by atomic mass is 9.70. The van der Waals surface area contributed by atoms with Crippen LogP contribution in [-0.4, -0.2) is 35.2 Å². The Morgan fingerprint density at radius 2 is 1.87 bits per heavy atom. The van der Waals surface area contributed by atoms with Crippen molar-refractivity contribution in [3.05, 3.63) is 64.7 Å². The lowest BCUT2D eigenvalue weighted by Gasteiger charge is -2.38. The molecule has 0 spiro atoms. The van der Waals surface area contributed by atoms with Crippen LogP contribution in [0.5, 0.6) is 0 Å². The highest BCUT2D eigenvalue weighted by atomic mass is 32.2. The first-order valence-electron chi connectivity index (χ1n) is 10.3. The molecule has 2 bridgehead atoms. The van der Waals surface area contributed by atoms with Gasteiger partial charge in [-0.15, -0.1) is 0 Å². The molecule has 2 aliphatic heterocycles. The maximum absolute atomic E-state index is 13.0. The van der Waals surface area contributed by atoms with E-state index in [9.17, 15) is 14.9 Å². The highest BCUT2D eigenvalue weighted by Gasteiger charge is 2.63. The number of fused-ring (bicyclic) bond motifs is 2. The maximum atomic E-state index is 13.0. The van der Waals surface area contributed by atoms with E-state index < -0.39 is 10.5 Å². The molecule has 2 heterocycles. The molecular weight excluding hydrogens is 416 g/mol. The molecule has 3 unspecified atom stereocenters. The summed E-state index contributed by atoms with van der Waals surface area (Å²) in [5.74, 6) is -0.384. The lowest BCUT2D eigenvalue weighted by Crippen LogP contribution is -2.49. The molecule has 8 heteroatoms. The van der Waals surface area contributed by atoms with Crippen LogP contribution in [0.1, 0.15) is 33.6 Å². The van der Waals surface area contributed by atoms with Crippen LogP contribution >= 0.6 is 11.9 Å². The van der Waals surface area contributed by atoms with E-state index in [1.165, 1.54) is 6.07 Å². The first kappa shape index (κ1) is 21.6. The van der Waals surface area contributed by atoms with Crippen LogP contribution in [0.25, 0.3) is 0 Å². The fourth-order valence-corrected chi connectivity index (χ4v) is 5.68. The number of carbonyl (C=O) groups is 1. The number of carbonyl (C=O) groups excluding carboxylic acids is 1. The average Bonchev–Trinajstić information content (AvgIpc) is 3.22. The maximum Gasteiger partial charge on any atom is 0.327 e. The largest absolute Gasteiger partial charge is 0.457 e. The summed E-state index contributed by atoms with van der Waals surface area (Å²) in [7, 11) is 0. The summed E-state index contributed by atoms with van der Waals surface area (Å²) in [5.41, 5.74) is 0.0347. The monoisotopic (exact) mass is 442 g/mol. The van der Waals surface area contributed by atoms with Gasteiger partial charge in [-0.05, 0) is 49.9 Å². The van der Waals surface area contributed by atoms with Crippen LogP contribution in [0.4, 0.5) is 11.4 Å². The molecule has 4 rings (SSSR count). The number of para-hydroxylation sites is 2. The van der Waals surface area contributed by atoms with Gasteiger partial charge < -0.3 is 13.8 Å². The van der Waals surface area contributed by atoms with Crippen LogP contribution in [0.15, 0.2) is 59.5 Å². The van der Waals surface area contributed by atoms with E-state index in [0.717, 1.165) is 30.5 Å². The standard InChI is InChI=1S/C23H26N2O5S/c1-22(2)19-13-14-23(3,30-19)21(22)29-20(26)15-24(16-9-5-4-6-10-16)31-18-12-8-7-11-17(18)25(27)28/h4-12,19,21H,13-15H2,1-3H3. The average molecular weight is 443 g/mol. The minimum Gasteiger partial charge on any atom is -0.457 e. The summed E-state index contributed by atoms with van der Waals surface area (Å²) in [6.07, 6.45) is 1.59. The number of hydrogen-bond donors (Lipinski definition) is 0. The van der Waals surface area contributed by atoms with Crippen LogP contribution in [0.2, 0.25) is 0 Å². The third-order valence-electron chi connectivity index (χ3n) is 6.21. The minimum atomic E-state index is -0.466. The Bertz CT molecular complexity index is 978. The lowest BCUT2D eigenvalue weighted by molar-refractivity contribution is -0.387. The Morgan fingerprint density at radius 3 is 2.52 bits per heavy atom. The van der Waals surface area contributed by atoms with Crippen LogP contribution in [-0.2, 0) is 14.3 Å². The molecule has 164 valence electrons.